The fraction of sp³-hybridized carbons (Fsp3) is 0.588. The third-order valence-corrected chi connectivity index (χ3v) is 4.72. The van der Waals surface area contributed by atoms with E-state index in [1.165, 1.54) is 0 Å². The number of aliphatic hydroxyl groups is 1. The van der Waals surface area contributed by atoms with Crippen LogP contribution in [-0.2, 0) is 4.79 Å². The molecule has 0 heterocycles. The molecule has 1 aromatic carbocycles. The van der Waals surface area contributed by atoms with E-state index in [-0.39, 0.29) is 29.9 Å². The molecule has 0 aromatic heterocycles. The largest absolute Gasteiger partial charge is 0.496 e. The Balaban J connectivity index is 1.60. The van der Waals surface area contributed by atoms with E-state index in [2.05, 4.69) is 5.32 Å². The smallest absolute Gasteiger partial charge is 0.224 e. The van der Waals surface area contributed by atoms with Crippen molar-refractivity contribution >= 4 is 5.91 Å². The minimum atomic E-state index is -0.383. The number of nitrogens with one attached hydrogen (secondary N) is 1. The molecule has 0 aliphatic heterocycles. The van der Waals surface area contributed by atoms with E-state index >= 15 is 0 Å². The van der Waals surface area contributed by atoms with Crippen LogP contribution in [0.5, 0.6) is 5.75 Å². The Morgan fingerprint density at radius 1 is 1.29 bits per heavy atom. The third-order valence-electron chi connectivity index (χ3n) is 4.72. The molecule has 0 saturated heterocycles. The van der Waals surface area contributed by atoms with Crippen LogP contribution in [0.15, 0.2) is 24.3 Å². The number of carbonyl (C=O) groups excluding carboxylic acids is 1. The molecule has 0 spiro atoms. The number of amides is 1. The van der Waals surface area contributed by atoms with Crippen molar-refractivity contribution < 1.29 is 14.6 Å². The van der Waals surface area contributed by atoms with Crippen LogP contribution < -0.4 is 10.1 Å². The van der Waals surface area contributed by atoms with Crippen molar-refractivity contribution in [2.45, 2.75) is 50.2 Å². The fourth-order valence-electron chi connectivity index (χ4n) is 3.37. The van der Waals surface area contributed by atoms with E-state index in [0.29, 0.717) is 0 Å². The Morgan fingerprint density at radius 3 is 2.81 bits per heavy atom. The summed E-state index contributed by atoms with van der Waals surface area (Å²) < 4.78 is 5.37. The zero-order chi connectivity index (χ0) is 14.8. The number of ether oxygens (including phenoxy) is 1. The van der Waals surface area contributed by atoms with Gasteiger partial charge in [0, 0.05) is 5.92 Å². The highest BCUT2D eigenvalue weighted by atomic mass is 16.5. The predicted molar refractivity (Wildman–Crippen MR) is 80.2 cm³/mol. The summed E-state index contributed by atoms with van der Waals surface area (Å²) in [5, 5.41) is 13.0. The lowest BCUT2D eigenvalue weighted by atomic mass is 9.92. The van der Waals surface area contributed by atoms with Gasteiger partial charge in [0.2, 0.25) is 5.91 Å². The number of benzene rings is 1. The minimum Gasteiger partial charge on any atom is -0.496 e. The van der Waals surface area contributed by atoms with Gasteiger partial charge in [0.1, 0.15) is 5.75 Å². The molecule has 4 nitrogen and oxygen atoms in total. The Morgan fingerprint density at radius 2 is 2.05 bits per heavy atom. The summed E-state index contributed by atoms with van der Waals surface area (Å²) in [5.74, 6) is 1.21. The molecule has 1 amide bonds. The van der Waals surface area contributed by atoms with Crippen LogP contribution in [0.4, 0.5) is 0 Å². The second kappa shape index (κ2) is 6.06. The fourth-order valence-corrected chi connectivity index (χ4v) is 3.37. The van der Waals surface area contributed by atoms with Crippen molar-refractivity contribution in [1.29, 1.82) is 0 Å². The van der Waals surface area contributed by atoms with Gasteiger partial charge < -0.3 is 15.2 Å². The third kappa shape index (κ3) is 3.05. The topological polar surface area (TPSA) is 58.6 Å². The Bertz CT molecular complexity index is 517. The van der Waals surface area contributed by atoms with Crippen molar-refractivity contribution in [3.8, 4) is 5.75 Å². The Kier molecular flexibility index (Phi) is 4.15. The molecule has 2 fully saturated rings. The lowest BCUT2D eigenvalue weighted by Gasteiger charge is -2.28. The molecule has 4 unspecified atom stereocenters. The molecule has 4 heteroatoms. The first-order valence-corrected chi connectivity index (χ1v) is 7.82. The lowest BCUT2D eigenvalue weighted by Crippen LogP contribution is -2.45. The van der Waals surface area contributed by atoms with Crippen LogP contribution in [0.2, 0.25) is 0 Å². The van der Waals surface area contributed by atoms with Gasteiger partial charge in [0.05, 0.1) is 19.3 Å². The molecule has 114 valence electrons. The molecular weight excluding hydrogens is 266 g/mol. The number of rotatable bonds is 4. The zero-order valence-corrected chi connectivity index (χ0v) is 12.4. The summed E-state index contributed by atoms with van der Waals surface area (Å²) in [4.78, 5) is 12.3. The summed E-state index contributed by atoms with van der Waals surface area (Å²) in [6.45, 7) is 0. The van der Waals surface area contributed by atoms with Crippen molar-refractivity contribution in [2.75, 3.05) is 7.11 Å². The lowest BCUT2D eigenvalue weighted by molar-refractivity contribution is -0.124. The molecule has 2 N–H and O–H groups in total. The monoisotopic (exact) mass is 289 g/mol. The summed E-state index contributed by atoms with van der Waals surface area (Å²) >= 11 is 0. The molecule has 0 bridgehead atoms. The minimum absolute atomic E-state index is 0.0235. The van der Waals surface area contributed by atoms with E-state index in [9.17, 15) is 9.90 Å². The number of para-hydroxylation sites is 1. The maximum atomic E-state index is 12.3. The van der Waals surface area contributed by atoms with Gasteiger partial charge in [-0.05, 0) is 36.8 Å². The van der Waals surface area contributed by atoms with E-state index < -0.39 is 0 Å². The highest BCUT2D eigenvalue weighted by molar-refractivity contribution is 5.83. The SMILES string of the molecule is COc1ccccc1C1CC1C(=O)NC1CCCCC1O. The molecule has 2 aliphatic carbocycles. The number of hydrogen-bond acceptors (Lipinski definition) is 3. The second-order valence-electron chi connectivity index (χ2n) is 6.16. The molecule has 0 radical (unpaired) electrons. The van der Waals surface area contributed by atoms with Crippen LogP contribution in [0, 0.1) is 5.92 Å². The molecule has 2 aliphatic rings. The standard InChI is InChI=1S/C17H23NO3/c1-21-16-9-5-2-6-11(16)12-10-13(12)17(20)18-14-7-3-4-8-15(14)19/h2,5-6,9,12-15,19H,3-4,7-8,10H2,1H3,(H,18,20). The van der Waals surface area contributed by atoms with Gasteiger partial charge in [-0.15, -0.1) is 0 Å². The maximum Gasteiger partial charge on any atom is 0.224 e. The van der Waals surface area contributed by atoms with Gasteiger partial charge in [0.15, 0.2) is 0 Å². The average molecular weight is 289 g/mol. The van der Waals surface area contributed by atoms with Gasteiger partial charge in [-0.2, -0.15) is 0 Å². The summed E-state index contributed by atoms with van der Waals surface area (Å²) in [6.07, 6.45) is 4.31. The quantitative estimate of drug-likeness (QED) is 0.893. The highest BCUT2D eigenvalue weighted by Gasteiger charge is 2.46. The van der Waals surface area contributed by atoms with Crippen molar-refractivity contribution in [2.24, 2.45) is 5.92 Å². The van der Waals surface area contributed by atoms with Crippen LogP contribution in [0.3, 0.4) is 0 Å². The molecular formula is C17H23NO3. The van der Waals surface area contributed by atoms with Gasteiger partial charge in [-0.3, -0.25) is 4.79 Å². The van der Waals surface area contributed by atoms with Crippen molar-refractivity contribution in [3.63, 3.8) is 0 Å². The van der Waals surface area contributed by atoms with Crippen LogP contribution in [-0.4, -0.2) is 30.3 Å². The van der Waals surface area contributed by atoms with Gasteiger partial charge in [-0.25, -0.2) is 0 Å². The highest BCUT2D eigenvalue weighted by Crippen LogP contribution is 2.50. The predicted octanol–water partition coefficient (Wildman–Crippen LogP) is 2.22. The van der Waals surface area contributed by atoms with Crippen LogP contribution in [0.1, 0.15) is 43.6 Å². The summed E-state index contributed by atoms with van der Waals surface area (Å²) in [6, 6.07) is 7.83. The van der Waals surface area contributed by atoms with Crippen molar-refractivity contribution in [3.05, 3.63) is 29.8 Å². The first-order chi connectivity index (χ1) is 10.2. The summed E-state index contributed by atoms with van der Waals surface area (Å²) in [5.41, 5.74) is 1.12. The van der Waals surface area contributed by atoms with Crippen molar-refractivity contribution in [1.82, 2.24) is 5.32 Å². The number of methoxy groups -OCH3 is 1. The second-order valence-corrected chi connectivity index (χ2v) is 6.16. The van der Waals surface area contributed by atoms with Gasteiger partial charge in [0.25, 0.3) is 0 Å². The molecule has 2 saturated carbocycles. The molecule has 3 rings (SSSR count). The Hall–Kier alpha value is -1.55. The first kappa shape index (κ1) is 14.4. The van der Waals surface area contributed by atoms with Crippen LogP contribution >= 0.6 is 0 Å². The number of aliphatic hydroxyl groups excluding tert-OH is 1. The van der Waals surface area contributed by atoms with Crippen LogP contribution in [0.25, 0.3) is 0 Å². The number of carbonyl (C=O) groups is 1. The normalized spacial score (nSPS) is 31.5. The van der Waals surface area contributed by atoms with E-state index in [1.807, 2.05) is 24.3 Å². The molecule has 21 heavy (non-hydrogen) atoms. The maximum absolute atomic E-state index is 12.3. The Labute approximate surface area is 125 Å². The zero-order valence-electron chi connectivity index (χ0n) is 12.4. The number of hydrogen-bond donors (Lipinski definition) is 2. The first-order valence-electron chi connectivity index (χ1n) is 7.82. The summed E-state index contributed by atoms with van der Waals surface area (Å²) in [7, 11) is 1.66. The van der Waals surface area contributed by atoms with Gasteiger partial charge in [-0.1, -0.05) is 31.0 Å². The molecule has 1 aromatic rings. The van der Waals surface area contributed by atoms with E-state index in [1.54, 1.807) is 7.11 Å². The van der Waals surface area contributed by atoms with E-state index in [0.717, 1.165) is 43.4 Å². The van der Waals surface area contributed by atoms with E-state index in [4.69, 9.17) is 4.74 Å². The molecule has 4 atom stereocenters. The average Bonchev–Trinajstić information content (AvgIpc) is 3.30. The van der Waals surface area contributed by atoms with Gasteiger partial charge >= 0.3 is 0 Å².